The van der Waals surface area contributed by atoms with E-state index < -0.39 is 60.3 Å². The van der Waals surface area contributed by atoms with Gasteiger partial charge in [0.1, 0.15) is 6.04 Å². The molecule has 362 valence electrons. The average Bonchev–Trinajstić information content (AvgIpc) is 3.15. The molecule has 0 unspecified atom stereocenters. The molecule has 63 heavy (non-hydrogen) atoms. The van der Waals surface area contributed by atoms with Crippen LogP contribution < -0.4 is 44.2 Å². The van der Waals surface area contributed by atoms with Crippen molar-refractivity contribution in [3.8, 4) is 0 Å². The van der Waals surface area contributed by atoms with Crippen LogP contribution in [0, 0.1) is 0 Å². The van der Waals surface area contributed by atoms with Gasteiger partial charge in [-0.2, -0.15) is 39.5 Å². The van der Waals surface area contributed by atoms with Crippen molar-refractivity contribution in [1.29, 1.82) is 0 Å². The summed E-state index contributed by atoms with van der Waals surface area (Å²) in [5, 5.41) is 33.0. The number of nitrogens with two attached hydrogens (primary N) is 4. The van der Waals surface area contributed by atoms with Crippen LogP contribution in [0.3, 0.4) is 0 Å². The molecule has 0 fully saturated rings. The van der Waals surface area contributed by atoms with E-state index in [1.807, 2.05) is 30.3 Å². The molecule has 0 aliphatic heterocycles. The summed E-state index contributed by atoms with van der Waals surface area (Å²) in [6.45, 7) is 3.19. The summed E-state index contributed by atoms with van der Waals surface area (Å²) in [4.78, 5) is 78.7. The molecule has 0 aliphatic carbocycles. The van der Waals surface area contributed by atoms with Crippen LogP contribution >= 0.6 is 0 Å². The Morgan fingerprint density at radius 2 is 0.984 bits per heavy atom. The third-order valence-electron chi connectivity index (χ3n) is 7.22. The van der Waals surface area contributed by atoms with Crippen LogP contribution in [-0.2, 0) is 40.0 Å². The molecule has 0 bridgehead atoms. The molecular weight excluding hydrogens is 877 g/mol. The molecular formula is C35H54F9N9O10. The smallest absolute Gasteiger partial charge is 0.475 e. The number of hydrogen-bond acceptors (Lipinski definition) is 10. The maximum absolute atomic E-state index is 12.5. The van der Waals surface area contributed by atoms with Crippen LogP contribution in [0.2, 0.25) is 0 Å². The molecule has 4 amide bonds. The third kappa shape index (κ3) is 39.9. The third-order valence-corrected chi connectivity index (χ3v) is 7.22. The van der Waals surface area contributed by atoms with E-state index in [9.17, 15) is 58.7 Å². The topological polar surface area (TPSA) is 345 Å². The molecule has 1 aromatic carbocycles. The Bertz CT molecular complexity index is 1490. The Labute approximate surface area is 354 Å². The predicted octanol–water partition coefficient (Wildman–Crippen LogP) is 1.42. The van der Waals surface area contributed by atoms with Gasteiger partial charge in [-0.05, 0) is 50.8 Å². The number of unbranched alkanes of at least 4 members (excludes halogenated alkanes) is 6. The summed E-state index contributed by atoms with van der Waals surface area (Å²) in [7, 11) is 0. The number of hydrogen-bond donors (Lipinski definition) is 11. The summed E-state index contributed by atoms with van der Waals surface area (Å²) < 4.78 is 95.2. The van der Waals surface area contributed by atoms with E-state index in [1.54, 1.807) is 0 Å². The standard InChI is InChI=1S/C29H51N9O4.3C2HF3O2/c30-23(14-19-37-29(32)33)27(41)35-17-9-4-2-1-3-8-15-34-16-10-11-18-36-28(42)24(21-25(31)39)38-26(40)20-22-12-6-5-7-13-22;3*3-2(4,5)1(6)7/h5-7,12-13,23-24,34H,1-4,8-11,14-21,30H2,(H2,31,39)(H,35,41)(H,36,42)(H,38,40)(H4,32,33,37);3*(H,6,7)/t23-,24-;;;/m0.../s1. The van der Waals surface area contributed by atoms with E-state index in [4.69, 9.17) is 52.6 Å². The number of guanidine groups is 1. The number of nitrogens with zero attached hydrogens (tertiary/aromatic N) is 1. The van der Waals surface area contributed by atoms with Gasteiger partial charge in [0, 0.05) is 19.6 Å². The number of halogens is 9. The number of carboxylic acids is 3. The van der Waals surface area contributed by atoms with Crippen molar-refractivity contribution in [2.75, 3.05) is 32.7 Å². The van der Waals surface area contributed by atoms with Gasteiger partial charge in [-0.3, -0.25) is 24.2 Å². The normalized spacial score (nSPS) is 11.8. The molecule has 0 heterocycles. The van der Waals surface area contributed by atoms with Crippen LogP contribution in [0.25, 0.3) is 0 Å². The Balaban J connectivity index is -0.00000139. The lowest BCUT2D eigenvalue weighted by Gasteiger charge is -2.17. The zero-order valence-corrected chi connectivity index (χ0v) is 33.7. The van der Waals surface area contributed by atoms with E-state index >= 15 is 0 Å². The van der Waals surface area contributed by atoms with Crippen LogP contribution in [0.1, 0.15) is 69.8 Å². The zero-order chi connectivity index (χ0) is 49.2. The van der Waals surface area contributed by atoms with Gasteiger partial charge in [-0.15, -0.1) is 0 Å². The maximum Gasteiger partial charge on any atom is 0.490 e. The second-order valence-corrected chi connectivity index (χ2v) is 12.7. The summed E-state index contributed by atoms with van der Waals surface area (Å²) >= 11 is 0. The van der Waals surface area contributed by atoms with Gasteiger partial charge < -0.3 is 59.5 Å². The van der Waals surface area contributed by atoms with Gasteiger partial charge in [-0.1, -0.05) is 56.0 Å². The molecule has 0 saturated heterocycles. The lowest BCUT2D eigenvalue weighted by Crippen LogP contribution is -2.49. The maximum atomic E-state index is 12.5. The van der Waals surface area contributed by atoms with E-state index in [0.717, 1.165) is 70.0 Å². The van der Waals surface area contributed by atoms with Gasteiger partial charge in [0.15, 0.2) is 5.96 Å². The number of carbonyl (C=O) groups is 7. The lowest BCUT2D eigenvalue weighted by atomic mass is 10.1. The number of aliphatic carboxylic acids is 3. The number of primary amides is 1. The van der Waals surface area contributed by atoms with Crippen molar-refractivity contribution in [3.05, 3.63) is 35.9 Å². The Morgan fingerprint density at radius 1 is 0.603 bits per heavy atom. The highest BCUT2D eigenvalue weighted by atomic mass is 19.4. The van der Waals surface area contributed by atoms with Crippen LogP contribution in [0.5, 0.6) is 0 Å². The van der Waals surface area contributed by atoms with E-state index in [2.05, 4.69) is 26.3 Å². The molecule has 0 aromatic heterocycles. The molecule has 15 N–H and O–H groups in total. The van der Waals surface area contributed by atoms with E-state index in [1.165, 1.54) is 0 Å². The number of alkyl halides is 9. The SMILES string of the molecule is NC(=O)C[C@H](NC(=O)Cc1ccccc1)C(=O)NCCCCNCCCCCCCCNC(=O)[C@@H](N)CCN=C(N)N.O=C(O)C(F)(F)F.O=C(O)C(F)(F)F.O=C(O)C(F)(F)F. The number of carboxylic acid groups (broad SMARTS) is 3. The number of rotatable bonds is 24. The number of aliphatic imine (C=N–C) groups is 1. The van der Waals surface area contributed by atoms with Crippen molar-refractivity contribution in [2.45, 2.75) is 101 Å². The minimum absolute atomic E-state index is 0.00507. The first-order chi connectivity index (χ1) is 29.0. The van der Waals surface area contributed by atoms with E-state index in [0.29, 0.717) is 26.1 Å². The molecule has 28 heteroatoms. The number of nitrogens with one attached hydrogen (secondary N) is 4. The van der Waals surface area contributed by atoms with Gasteiger partial charge in [0.2, 0.25) is 23.6 Å². The monoisotopic (exact) mass is 931 g/mol. The molecule has 0 spiro atoms. The second kappa shape index (κ2) is 33.7. The van der Waals surface area contributed by atoms with Crippen molar-refractivity contribution in [2.24, 2.45) is 27.9 Å². The van der Waals surface area contributed by atoms with Crippen LogP contribution in [0.15, 0.2) is 35.3 Å². The number of benzene rings is 1. The largest absolute Gasteiger partial charge is 0.490 e. The van der Waals surface area contributed by atoms with Crippen molar-refractivity contribution in [3.63, 3.8) is 0 Å². The Hall–Kier alpha value is -5.93. The first kappa shape index (κ1) is 61.4. The quantitative estimate of drug-likeness (QED) is 0.0303. The summed E-state index contributed by atoms with van der Waals surface area (Å²) in [5.41, 5.74) is 22.4. The number of amides is 4. The van der Waals surface area contributed by atoms with Gasteiger partial charge in [0.25, 0.3) is 0 Å². The van der Waals surface area contributed by atoms with Gasteiger partial charge in [-0.25, -0.2) is 14.4 Å². The van der Waals surface area contributed by atoms with Crippen LogP contribution in [-0.4, -0.2) is 126 Å². The molecule has 0 saturated carbocycles. The molecule has 1 aromatic rings. The Morgan fingerprint density at radius 3 is 1.40 bits per heavy atom. The van der Waals surface area contributed by atoms with Crippen molar-refractivity contribution >= 4 is 47.5 Å². The average molecular weight is 932 g/mol. The predicted molar refractivity (Wildman–Crippen MR) is 206 cm³/mol. The lowest BCUT2D eigenvalue weighted by molar-refractivity contribution is -0.193. The first-order valence-electron chi connectivity index (χ1n) is 18.6. The van der Waals surface area contributed by atoms with Gasteiger partial charge in [0.05, 0.1) is 18.9 Å². The fourth-order valence-corrected chi connectivity index (χ4v) is 4.16. The van der Waals surface area contributed by atoms with Crippen molar-refractivity contribution in [1.82, 2.24) is 21.3 Å². The first-order valence-corrected chi connectivity index (χ1v) is 18.6. The zero-order valence-electron chi connectivity index (χ0n) is 33.7. The van der Waals surface area contributed by atoms with Crippen molar-refractivity contribution < 1.29 is 88.4 Å². The summed E-state index contributed by atoms with van der Waals surface area (Å²) in [6.07, 6.45) is -6.82. The fraction of sp³-hybridized carbons (Fsp3) is 0.600. The fourth-order valence-electron chi connectivity index (χ4n) is 4.16. The van der Waals surface area contributed by atoms with Gasteiger partial charge >= 0.3 is 36.4 Å². The molecule has 0 aliphatic rings. The molecule has 19 nitrogen and oxygen atoms in total. The van der Waals surface area contributed by atoms with Crippen LogP contribution in [0.4, 0.5) is 39.5 Å². The highest BCUT2D eigenvalue weighted by Crippen LogP contribution is 2.14. The minimum Gasteiger partial charge on any atom is -0.475 e. The highest BCUT2D eigenvalue weighted by molar-refractivity contribution is 5.92. The highest BCUT2D eigenvalue weighted by Gasteiger charge is 2.39. The van der Waals surface area contributed by atoms with E-state index in [-0.39, 0.29) is 30.6 Å². The second-order valence-electron chi connectivity index (χ2n) is 12.7. The molecule has 0 radical (unpaired) electrons. The minimum atomic E-state index is -5.08. The summed E-state index contributed by atoms with van der Waals surface area (Å²) in [6, 6.07) is 7.58. The number of carbonyl (C=O) groups excluding carboxylic acids is 4. The molecule has 2 atom stereocenters. The molecule has 1 rings (SSSR count). The summed E-state index contributed by atoms with van der Waals surface area (Å²) in [5.74, 6) is -9.85. The Kier molecular flexibility index (Phi) is 32.8.